The SMILES string of the molecule is CC(C)(C)OC(=O)Nc1ccc(Oc2ccc(NC(=O)OC(C)(C)C)cc2)cc1. The molecule has 0 spiro atoms. The van der Waals surface area contributed by atoms with Gasteiger partial charge in [0, 0.05) is 11.4 Å². The number of ether oxygens (including phenoxy) is 3. The van der Waals surface area contributed by atoms with Crippen LogP contribution in [0, 0.1) is 0 Å². The Kier molecular flexibility index (Phi) is 6.74. The summed E-state index contributed by atoms with van der Waals surface area (Å²) in [6.45, 7) is 10.8. The highest BCUT2D eigenvalue weighted by molar-refractivity contribution is 5.85. The van der Waals surface area contributed by atoms with E-state index in [1.54, 1.807) is 90.1 Å². The molecule has 0 bridgehead atoms. The smallest absolute Gasteiger partial charge is 0.412 e. The molecular formula is C22H28N2O5. The third kappa shape index (κ3) is 8.55. The summed E-state index contributed by atoms with van der Waals surface area (Å²) in [5.74, 6) is 1.21. The molecule has 0 fully saturated rings. The van der Waals surface area contributed by atoms with Gasteiger partial charge in [0.1, 0.15) is 22.7 Å². The van der Waals surface area contributed by atoms with Crippen LogP contribution in [0.25, 0.3) is 0 Å². The summed E-state index contributed by atoms with van der Waals surface area (Å²) in [4.78, 5) is 23.6. The van der Waals surface area contributed by atoms with Crippen LogP contribution < -0.4 is 15.4 Å². The van der Waals surface area contributed by atoms with Crippen LogP contribution in [0.15, 0.2) is 48.5 Å². The molecular weight excluding hydrogens is 372 g/mol. The molecule has 2 amide bonds. The lowest BCUT2D eigenvalue weighted by atomic mass is 10.2. The van der Waals surface area contributed by atoms with Crippen LogP contribution in [0.2, 0.25) is 0 Å². The Morgan fingerprint density at radius 3 is 1.21 bits per heavy atom. The van der Waals surface area contributed by atoms with Gasteiger partial charge in [0.05, 0.1) is 0 Å². The van der Waals surface area contributed by atoms with Gasteiger partial charge in [-0.1, -0.05) is 0 Å². The molecule has 7 nitrogen and oxygen atoms in total. The van der Waals surface area contributed by atoms with Crippen LogP contribution >= 0.6 is 0 Å². The van der Waals surface area contributed by atoms with Crippen molar-refractivity contribution in [3.05, 3.63) is 48.5 Å². The van der Waals surface area contributed by atoms with E-state index >= 15 is 0 Å². The number of benzene rings is 2. The average molecular weight is 400 g/mol. The molecule has 0 aromatic heterocycles. The number of amides is 2. The van der Waals surface area contributed by atoms with Crippen molar-refractivity contribution in [2.24, 2.45) is 0 Å². The van der Waals surface area contributed by atoms with E-state index in [0.29, 0.717) is 22.9 Å². The predicted molar refractivity (Wildman–Crippen MR) is 113 cm³/mol. The lowest BCUT2D eigenvalue weighted by Gasteiger charge is -2.19. The van der Waals surface area contributed by atoms with Crippen LogP contribution in [0.4, 0.5) is 21.0 Å². The number of anilines is 2. The first-order valence-corrected chi connectivity index (χ1v) is 9.28. The maximum atomic E-state index is 11.8. The molecule has 2 N–H and O–H groups in total. The number of rotatable bonds is 4. The topological polar surface area (TPSA) is 85.9 Å². The second-order valence-electron chi connectivity index (χ2n) is 8.40. The van der Waals surface area contributed by atoms with Crippen molar-refractivity contribution >= 4 is 23.6 Å². The van der Waals surface area contributed by atoms with Crippen molar-refractivity contribution in [1.29, 1.82) is 0 Å². The molecule has 0 saturated carbocycles. The maximum Gasteiger partial charge on any atom is 0.412 e. The Hall–Kier alpha value is -3.22. The van der Waals surface area contributed by atoms with Crippen LogP contribution in [0.5, 0.6) is 11.5 Å². The highest BCUT2D eigenvalue weighted by Gasteiger charge is 2.17. The van der Waals surface area contributed by atoms with Gasteiger partial charge in [-0.15, -0.1) is 0 Å². The van der Waals surface area contributed by atoms with E-state index < -0.39 is 23.4 Å². The molecule has 0 atom stereocenters. The standard InChI is InChI=1S/C22H28N2O5/c1-21(2,3)28-19(25)23-15-7-11-17(12-8-15)27-18-13-9-16(10-14-18)24-20(26)29-22(4,5)6/h7-14H,1-6H3,(H,23,25)(H,24,26). The first kappa shape index (κ1) is 22.1. The summed E-state index contributed by atoms with van der Waals surface area (Å²) >= 11 is 0. The number of nitrogens with one attached hydrogen (secondary N) is 2. The fourth-order valence-corrected chi connectivity index (χ4v) is 2.19. The summed E-state index contributed by atoms with van der Waals surface area (Å²) < 4.78 is 16.2. The maximum absolute atomic E-state index is 11.8. The van der Waals surface area contributed by atoms with Crippen molar-refractivity contribution in [1.82, 2.24) is 0 Å². The monoisotopic (exact) mass is 400 g/mol. The van der Waals surface area contributed by atoms with Crippen molar-refractivity contribution in [3.63, 3.8) is 0 Å². The third-order valence-corrected chi connectivity index (χ3v) is 3.23. The quantitative estimate of drug-likeness (QED) is 0.641. The first-order chi connectivity index (χ1) is 13.4. The summed E-state index contributed by atoms with van der Waals surface area (Å²) in [7, 11) is 0. The molecule has 2 rings (SSSR count). The summed E-state index contributed by atoms with van der Waals surface area (Å²) in [6.07, 6.45) is -1.03. The van der Waals surface area contributed by atoms with E-state index in [1.165, 1.54) is 0 Å². The second kappa shape index (κ2) is 8.86. The van der Waals surface area contributed by atoms with Gasteiger partial charge in [-0.05, 0) is 90.1 Å². The zero-order chi connectivity index (χ0) is 21.7. The average Bonchev–Trinajstić information content (AvgIpc) is 2.55. The zero-order valence-electron chi connectivity index (χ0n) is 17.7. The Morgan fingerprint density at radius 2 is 0.931 bits per heavy atom. The van der Waals surface area contributed by atoms with E-state index in [2.05, 4.69) is 10.6 Å². The molecule has 0 radical (unpaired) electrons. The number of carbonyl (C=O) groups is 2. The Labute approximate surface area is 171 Å². The summed E-state index contributed by atoms with van der Waals surface area (Å²) in [5, 5.41) is 5.32. The molecule has 29 heavy (non-hydrogen) atoms. The molecule has 156 valence electrons. The Bertz CT molecular complexity index is 760. The summed E-state index contributed by atoms with van der Waals surface area (Å²) in [6, 6.07) is 13.8. The molecule has 0 aliphatic rings. The van der Waals surface area contributed by atoms with E-state index in [1.807, 2.05) is 0 Å². The zero-order valence-corrected chi connectivity index (χ0v) is 17.7. The van der Waals surface area contributed by atoms with Crippen LogP contribution in [0.3, 0.4) is 0 Å². The largest absolute Gasteiger partial charge is 0.457 e. The van der Waals surface area contributed by atoms with Gasteiger partial charge < -0.3 is 14.2 Å². The molecule has 0 saturated heterocycles. The van der Waals surface area contributed by atoms with E-state index in [0.717, 1.165) is 0 Å². The van der Waals surface area contributed by atoms with Gasteiger partial charge in [-0.2, -0.15) is 0 Å². The lowest BCUT2D eigenvalue weighted by Crippen LogP contribution is -2.27. The molecule has 2 aromatic rings. The van der Waals surface area contributed by atoms with Crippen LogP contribution in [0.1, 0.15) is 41.5 Å². The van der Waals surface area contributed by atoms with Gasteiger partial charge in [-0.3, -0.25) is 10.6 Å². The lowest BCUT2D eigenvalue weighted by molar-refractivity contribution is 0.0624. The number of hydrogen-bond donors (Lipinski definition) is 2. The minimum Gasteiger partial charge on any atom is -0.457 e. The second-order valence-corrected chi connectivity index (χ2v) is 8.40. The van der Waals surface area contributed by atoms with Gasteiger partial charge in [0.15, 0.2) is 0 Å². The van der Waals surface area contributed by atoms with Crippen molar-refractivity contribution in [3.8, 4) is 11.5 Å². The highest BCUT2D eigenvalue weighted by atomic mass is 16.6. The Morgan fingerprint density at radius 1 is 0.621 bits per heavy atom. The normalized spacial score (nSPS) is 11.4. The fourth-order valence-electron chi connectivity index (χ4n) is 2.19. The fraction of sp³-hybridized carbons (Fsp3) is 0.364. The van der Waals surface area contributed by atoms with Gasteiger partial charge >= 0.3 is 12.2 Å². The van der Waals surface area contributed by atoms with Crippen molar-refractivity contribution in [2.45, 2.75) is 52.7 Å². The van der Waals surface area contributed by atoms with Crippen LogP contribution in [-0.4, -0.2) is 23.4 Å². The molecule has 0 heterocycles. The predicted octanol–water partition coefficient (Wildman–Crippen LogP) is 6.17. The van der Waals surface area contributed by atoms with E-state index in [4.69, 9.17) is 14.2 Å². The molecule has 0 aliphatic heterocycles. The minimum absolute atomic E-state index is 0.515. The minimum atomic E-state index is -0.558. The van der Waals surface area contributed by atoms with Crippen LogP contribution in [-0.2, 0) is 9.47 Å². The molecule has 2 aromatic carbocycles. The van der Waals surface area contributed by atoms with Crippen molar-refractivity contribution in [2.75, 3.05) is 10.6 Å². The Balaban J connectivity index is 1.90. The first-order valence-electron chi connectivity index (χ1n) is 9.28. The van der Waals surface area contributed by atoms with Crippen molar-refractivity contribution < 1.29 is 23.8 Å². The van der Waals surface area contributed by atoms with Gasteiger partial charge in [-0.25, -0.2) is 9.59 Å². The van der Waals surface area contributed by atoms with Gasteiger partial charge in [0.2, 0.25) is 0 Å². The number of hydrogen-bond acceptors (Lipinski definition) is 5. The molecule has 0 unspecified atom stereocenters. The number of carbonyl (C=O) groups excluding carboxylic acids is 2. The molecule has 0 aliphatic carbocycles. The summed E-state index contributed by atoms with van der Waals surface area (Å²) in [5.41, 5.74) is 0.0851. The van der Waals surface area contributed by atoms with E-state index in [9.17, 15) is 9.59 Å². The van der Waals surface area contributed by atoms with Gasteiger partial charge in [0.25, 0.3) is 0 Å². The van der Waals surface area contributed by atoms with E-state index in [-0.39, 0.29) is 0 Å². The third-order valence-electron chi connectivity index (χ3n) is 3.23. The highest BCUT2D eigenvalue weighted by Crippen LogP contribution is 2.25. The molecule has 7 heteroatoms.